The molecular weight excluding hydrogens is 182 g/mol. The Balaban J connectivity index is 2.04. The van der Waals surface area contributed by atoms with Gasteiger partial charge >= 0.3 is 0 Å². The number of hydrogen-bond donors (Lipinski definition) is 1. The van der Waals surface area contributed by atoms with Crippen LogP contribution in [-0.4, -0.2) is 5.54 Å². The summed E-state index contributed by atoms with van der Waals surface area (Å²) in [5.41, 5.74) is 9.27. The van der Waals surface area contributed by atoms with E-state index in [-0.39, 0.29) is 5.54 Å². The molecular formula is C14H21N. The van der Waals surface area contributed by atoms with Gasteiger partial charge in [0.05, 0.1) is 0 Å². The molecule has 1 saturated carbocycles. The van der Waals surface area contributed by atoms with Crippen LogP contribution < -0.4 is 5.73 Å². The second-order valence-corrected chi connectivity index (χ2v) is 4.92. The first-order chi connectivity index (χ1) is 7.22. The van der Waals surface area contributed by atoms with Gasteiger partial charge in [0.25, 0.3) is 0 Å². The lowest BCUT2D eigenvalue weighted by Gasteiger charge is -2.23. The van der Waals surface area contributed by atoms with Gasteiger partial charge < -0.3 is 5.73 Å². The highest BCUT2D eigenvalue weighted by Crippen LogP contribution is 2.30. The summed E-state index contributed by atoms with van der Waals surface area (Å²) < 4.78 is 0. The van der Waals surface area contributed by atoms with Crippen LogP contribution in [0.25, 0.3) is 0 Å². The van der Waals surface area contributed by atoms with Crippen molar-refractivity contribution >= 4 is 0 Å². The minimum atomic E-state index is 0.0910. The molecule has 1 aliphatic rings. The topological polar surface area (TPSA) is 26.0 Å². The van der Waals surface area contributed by atoms with Crippen molar-refractivity contribution in [3.8, 4) is 0 Å². The molecule has 1 nitrogen and oxygen atoms in total. The Kier molecular flexibility index (Phi) is 3.11. The lowest BCUT2D eigenvalue weighted by atomic mass is 9.90. The van der Waals surface area contributed by atoms with E-state index in [4.69, 9.17) is 5.73 Å². The third-order valence-electron chi connectivity index (χ3n) is 3.59. The lowest BCUT2D eigenvalue weighted by molar-refractivity contribution is 0.436. The summed E-state index contributed by atoms with van der Waals surface area (Å²) in [7, 11) is 0. The molecule has 2 N–H and O–H groups in total. The number of nitrogens with two attached hydrogens (primary N) is 1. The number of benzene rings is 1. The smallest absolute Gasteiger partial charge is 0.0195 e. The Morgan fingerprint density at radius 1 is 1.07 bits per heavy atom. The average molecular weight is 203 g/mol. The highest BCUT2D eigenvalue weighted by molar-refractivity contribution is 5.24. The van der Waals surface area contributed by atoms with Crippen LogP contribution in [0.5, 0.6) is 0 Å². The predicted molar refractivity (Wildman–Crippen MR) is 64.9 cm³/mol. The van der Waals surface area contributed by atoms with E-state index in [9.17, 15) is 0 Å². The van der Waals surface area contributed by atoms with Gasteiger partial charge in [-0.1, -0.05) is 44.0 Å². The molecule has 0 bridgehead atoms. The zero-order valence-electron chi connectivity index (χ0n) is 9.63. The molecule has 0 aliphatic heterocycles. The van der Waals surface area contributed by atoms with Gasteiger partial charge in [-0.3, -0.25) is 0 Å². The first-order valence-corrected chi connectivity index (χ1v) is 6.08. The quantitative estimate of drug-likeness (QED) is 0.802. The van der Waals surface area contributed by atoms with Crippen molar-refractivity contribution in [2.75, 3.05) is 0 Å². The summed E-state index contributed by atoms with van der Waals surface area (Å²) in [4.78, 5) is 0. The molecule has 0 aromatic heterocycles. The largest absolute Gasteiger partial charge is 0.325 e. The maximum Gasteiger partial charge on any atom is 0.0195 e. The summed E-state index contributed by atoms with van der Waals surface area (Å²) in [6.07, 6.45) is 7.18. The van der Waals surface area contributed by atoms with E-state index in [0.29, 0.717) is 0 Å². The summed E-state index contributed by atoms with van der Waals surface area (Å²) in [5, 5.41) is 0. The molecule has 0 unspecified atom stereocenters. The molecule has 2 rings (SSSR count). The highest BCUT2D eigenvalue weighted by atomic mass is 14.7. The monoisotopic (exact) mass is 203 g/mol. The summed E-state index contributed by atoms with van der Waals surface area (Å²) >= 11 is 0. The second-order valence-electron chi connectivity index (χ2n) is 4.92. The van der Waals surface area contributed by atoms with Crippen LogP contribution in [0.4, 0.5) is 0 Å². The molecule has 0 amide bonds. The van der Waals surface area contributed by atoms with Gasteiger partial charge in [0.2, 0.25) is 0 Å². The van der Waals surface area contributed by atoms with Gasteiger partial charge in [-0.2, -0.15) is 0 Å². The average Bonchev–Trinajstić information content (AvgIpc) is 2.66. The van der Waals surface area contributed by atoms with Gasteiger partial charge in [0, 0.05) is 5.54 Å². The van der Waals surface area contributed by atoms with Gasteiger partial charge in [0.15, 0.2) is 0 Å². The van der Waals surface area contributed by atoms with Gasteiger partial charge in [-0.15, -0.1) is 0 Å². The molecule has 0 saturated heterocycles. The Hall–Kier alpha value is -0.820. The minimum absolute atomic E-state index is 0.0910. The minimum Gasteiger partial charge on any atom is -0.325 e. The molecule has 15 heavy (non-hydrogen) atoms. The third kappa shape index (κ3) is 2.60. The van der Waals surface area contributed by atoms with Crippen LogP contribution in [0.15, 0.2) is 24.3 Å². The Bertz CT molecular complexity index is 307. The standard InChI is InChI=1S/C14H21N/c1-2-12-5-7-13(8-6-12)11-14(15)9-3-4-10-14/h5-8H,2-4,9-11,15H2,1H3. The first kappa shape index (κ1) is 10.7. The summed E-state index contributed by atoms with van der Waals surface area (Å²) in [6, 6.07) is 8.94. The van der Waals surface area contributed by atoms with Crippen molar-refractivity contribution in [3.05, 3.63) is 35.4 Å². The van der Waals surface area contributed by atoms with Gasteiger partial charge in [-0.25, -0.2) is 0 Å². The van der Waals surface area contributed by atoms with Crippen LogP contribution in [0.2, 0.25) is 0 Å². The lowest BCUT2D eigenvalue weighted by Crippen LogP contribution is -2.38. The fourth-order valence-corrected chi connectivity index (χ4v) is 2.56. The van der Waals surface area contributed by atoms with Crippen molar-refractivity contribution in [1.29, 1.82) is 0 Å². The Labute approximate surface area is 92.7 Å². The van der Waals surface area contributed by atoms with E-state index in [1.54, 1.807) is 0 Å². The molecule has 1 aliphatic carbocycles. The molecule has 1 aromatic carbocycles. The Morgan fingerprint density at radius 2 is 1.60 bits per heavy atom. The van der Waals surface area contributed by atoms with Crippen molar-refractivity contribution in [1.82, 2.24) is 0 Å². The van der Waals surface area contributed by atoms with E-state index in [1.807, 2.05) is 0 Å². The van der Waals surface area contributed by atoms with E-state index in [2.05, 4.69) is 31.2 Å². The Morgan fingerprint density at radius 3 is 2.13 bits per heavy atom. The van der Waals surface area contributed by atoms with E-state index in [0.717, 1.165) is 12.8 Å². The number of hydrogen-bond acceptors (Lipinski definition) is 1. The van der Waals surface area contributed by atoms with Crippen LogP contribution in [0.3, 0.4) is 0 Å². The molecule has 0 radical (unpaired) electrons. The third-order valence-corrected chi connectivity index (χ3v) is 3.59. The van der Waals surface area contributed by atoms with E-state index < -0.39 is 0 Å². The van der Waals surface area contributed by atoms with Crippen molar-refractivity contribution < 1.29 is 0 Å². The van der Waals surface area contributed by atoms with Crippen LogP contribution in [-0.2, 0) is 12.8 Å². The van der Waals surface area contributed by atoms with Crippen molar-refractivity contribution in [2.24, 2.45) is 5.73 Å². The molecule has 1 heteroatoms. The zero-order valence-corrected chi connectivity index (χ0v) is 9.63. The predicted octanol–water partition coefficient (Wildman–Crippen LogP) is 3.06. The second kappa shape index (κ2) is 4.36. The summed E-state index contributed by atoms with van der Waals surface area (Å²) in [6.45, 7) is 2.19. The van der Waals surface area contributed by atoms with Gasteiger partial charge in [-0.05, 0) is 36.8 Å². The van der Waals surface area contributed by atoms with Crippen molar-refractivity contribution in [3.63, 3.8) is 0 Å². The highest BCUT2D eigenvalue weighted by Gasteiger charge is 2.29. The SMILES string of the molecule is CCc1ccc(CC2(N)CCCC2)cc1. The van der Waals surface area contributed by atoms with Crippen molar-refractivity contribution in [2.45, 2.75) is 51.0 Å². The maximum atomic E-state index is 6.36. The number of aryl methyl sites for hydroxylation is 1. The molecule has 1 aromatic rings. The van der Waals surface area contributed by atoms with Crippen LogP contribution in [0, 0.1) is 0 Å². The fraction of sp³-hybridized carbons (Fsp3) is 0.571. The molecule has 82 valence electrons. The van der Waals surface area contributed by atoms with Crippen LogP contribution in [0.1, 0.15) is 43.7 Å². The van der Waals surface area contributed by atoms with E-state index in [1.165, 1.54) is 36.8 Å². The zero-order chi connectivity index (χ0) is 10.7. The summed E-state index contributed by atoms with van der Waals surface area (Å²) in [5.74, 6) is 0. The fourth-order valence-electron chi connectivity index (χ4n) is 2.56. The molecule has 1 fully saturated rings. The maximum absolute atomic E-state index is 6.36. The normalized spacial score (nSPS) is 19.3. The molecule has 0 spiro atoms. The molecule has 0 heterocycles. The van der Waals surface area contributed by atoms with E-state index >= 15 is 0 Å². The first-order valence-electron chi connectivity index (χ1n) is 6.08. The van der Waals surface area contributed by atoms with Crippen LogP contribution >= 0.6 is 0 Å². The van der Waals surface area contributed by atoms with Gasteiger partial charge in [0.1, 0.15) is 0 Å². The molecule has 0 atom stereocenters. The number of rotatable bonds is 3.